The van der Waals surface area contributed by atoms with Gasteiger partial charge in [-0.15, -0.1) is 0 Å². The Bertz CT molecular complexity index is 448. The van der Waals surface area contributed by atoms with E-state index in [9.17, 15) is 4.79 Å². The van der Waals surface area contributed by atoms with Gasteiger partial charge in [-0.2, -0.15) is 0 Å². The summed E-state index contributed by atoms with van der Waals surface area (Å²) >= 11 is 6.08. The topological polar surface area (TPSA) is 26.3 Å². The molecule has 1 aliphatic carbocycles. The Kier molecular flexibility index (Phi) is 3.96. The first-order chi connectivity index (χ1) is 8.57. The summed E-state index contributed by atoms with van der Waals surface area (Å²) in [6, 6.07) is 5.30. The van der Waals surface area contributed by atoms with E-state index in [0.29, 0.717) is 16.3 Å². The summed E-state index contributed by atoms with van der Waals surface area (Å²) in [6.07, 6.45) is 5.50. The third-order valence-corrected chi connectivity index (χ3v) is 4.21. The zero-order valence-corrected chi connectivity index (χ0v) is 11.7. The van der Waals surface area contributed by atoms with Gasteiger partial charge in [0, 0.05) is 11.0 Å². The fraction of sp³-hybridized carbons (Fsp3) is 0.533. The van der Waals surface area contributed by atoms with E-state index < -0.39 is 0 Å². The van der Waals surface area contributed by atoms with E-state index in [1.54, 1.807) is 19.2 Å². The number of ketones is 1. The maximum atomic E-state index is 12.6. The fourth-order valence-electron chi connectivity index (χ4n) is 2.72. The monoisotopic (exact) mass is 266 g/mol. The van der Waals surface area contributed by atoms with E-state index in [1.165, 1.54) is 6.42 Å². The number of carbonyl (C=O) groups is 1. The van der Waals surface area contributed by atoms with Crippen molar-refractivity contribution in [1.82, 2.24) is 0 Å². The van der Waals surface area contributed by atoms with Gasteiger partial charge in [-0.1, -0.05) is 37.8 Å². The van der Waals surface area contributed by atoms with E-state index in [4.69, 9.17) is 16.3 Å². The number of ether oxygens (including phenoxy) is 1. The van der Waals surface area contributed by atoms with E-state index in [1.807, 2.05) is 6.07 Å². The maximum absolute atomic E-state index is 12.6. The SMILES string of the molecule is COc1ccc(C(=O)C2(C)CCCCC2)cc1Cl. The number of rotatable bonds is 3. The van der Waals surface area contributed by atoms with Gasteiger partial charge in [-0.3, -0.25) is 4.79 Å². The molecular formula is C15H19ClO2. The fourth-order valence-corrected chi connectivity index (χ4v) is 2.97. The smallest absolute Gasteiger partial charge is 0.168 e. The zero-order valence-electron chi connectivity index (χ0n) is 11.0. The van der Waals surface area contributed by atoms with E-state index in [0.717, 1.165) is 25.7 Å². The van der Waals surface area contributed by atoms with Crippen LogP contribution in [0.15, 0.2) is 18.2 Å². The quantitative estimate of drug-likeness (QED) is 0.753. The van der Waals surface area contributed by atoms with Crippen molar-refractivity contribution in [2.24, 2.45) is 5.41 Å². The summed E-state index contributed by atoms with van der Waals surface area (Å²) < 4.78 is 5.11. The molecule has 1 saturated carbocycles. The van der Waals surface area contributed by atoms with Crippen LogP contribution in [0.2, 0.25) is 5.02 Å². The normalized spacial score (nSPS) is 18.4. The molecular weight excluding hydrogens is 248 g/mol. The van der Waals surface area contributed by atoms with Crippen molar-refractivity contribution in [2.45, 2.75) is 39.0 Å². The predicted octanol–water partition coefficient (Wildman–Crippen LogP) is 4.50. The zero-order chi connectivity index (χ0) is 13.2. The minimum Gasteiger partial charge on any atom is -0.495 e. The average molecular weight is 267 g/mol. The summed E-state index contributed by atoms with van der Waals surface area (Å²) in [7, 11) is 1.57. The maximum Gasteiger partial charge on any atom is 0.168 e. The Hall–Kier alpha value is -1.02. The minimum absolute atomic E-state index is 0.212. The van der Waals surface area contributed by atoms with Crippen LogP contribution in [0.1, 0.15) is 49.4 Å². The molecule has 0 atom stereocenters. The molecule has 0 bridgehead atoms. The molecule has 0 amide bonds. The minimum atomic E-state index is -0.212. The van der Waals surface area contributed by atoms with Crippen molar-refractivity contribution < 1.29 is 9.53 Å². The lowest BCUT2D eigenvalue weighted by Crippen LogP contribution is -2.30. The molecule has 2 nitrogen and oxygen atoms in total. The lowest BCUT2D eigenvalue weighted by molar-refractivity contribution is 0.0749. The third-order valence-electron chi connectivity index (χ3n) is 3.92. The number of hydrogen-bond donors (Lipinski definition) is 0. The highest BCUT2D eigenvalue weighted by Crippen LogP contribution is 2.39. The first kappa shape index (κ1) is 13.4. The van der Waals surface area contributed by atoms with Crippen LogP contribution in [-0.2, 0) is 0 Å². The Morgan fingerprint density at radius 1 is 1.28 bits per heavy atom. The van der Waals surface area contributed by atoms with Crippen molar-refractivity contribution in [3.05, 3.63) is 28.8 Å². The standard InChI is InChI=1S/C15H19ClO2/c1-15(8-4-3-5-9-15)14(17)11-6-7-13(18-2)12(16)10-11/h6-7,10H,3-5,8-9H2,1-2H3. The van der Waals surface area contributed by atoms with Gasteiger partial charge in [0.15, 0.2) is 5.78 Å². The summed E-state index contributed by atoms with van der Waals surface area (Å²) in [6.45, 7) is 2.08. The van der Waals surface area contributed by atoms with Crippen molar-refractivity contribution >= 4 is 17.4 Å². The number of benzene rings is 1. The number of halogens is 1. The largest absolute Gasteiger partial charge is 0.495 e. The first-order valence-electron chi connectivity index (χ1n) is 6.45. The van der Waals surface area contributed by atoms with Crippen molar-refractivity contribution in [1.29, 1.82) is 0 Å². The lowest BCUT2D eigenvalue weighted by atomic mass is 9.71. The van der Waals surface area contributed by atoms with Crippen LogP contribution in [0.25, 0.3) is 0 Å². The summed E-state index contributed by atoms with van der Waals surface area (Å²) in [5.74, 6) is 0.828. The molecule has 0 spiro atoms. The van der Waals surface area contributed by atoms with E-state index in [2.05, 4.69) is 6.92 Å². The van der Waals surface area contributed by atoms with Crippen molar-refractivity contribution in [3.63, 3.8) is 0 Å². The highest BCUT2D eigenvalue weighted by molar-refractivity contribution is 6.32. The first-order valence-corrected chi connectivity index (χ1v) is 6.83. The Morgan fingerprint density at radius 2 is 1.94 bits per heavy atom. The van der Waals surface area contributed by atoms with Crippen molar-refractivity contribution in [3.8, 4) is 5.75 Å². The third kappa shape index (κ3) is 2.54. The van der Waals surface area contributed by atoms with Gasteiger partial charge in [-0.05, 0) is 31.0 Å². The molecule has 0 radical (unpaired) electrons. The van der Waals surface area contributed by atoms with Crippen molar-refractivity contribution in [2.75, 3.05) is 7.11 Å². The Morgan fingerprint density at radius 3 is 2.50 bits per heavy atom. The second-order valence-electron chi connectivity index (χ2n) is 5.30. The van der Waals surface area contributed by atoms with Gasteiger partial charge in [0.1, 0.15) is 5.75 Å². The molecule has 2 rings (SSSR count). The second-order valence-corrected chi connectivity index (χ2v) is 5.71. The van der Waals surface area contributed by atoms with Crippen LogP contribution in [0.4, 0.5) is 0 Å². The molecule has 0 aromatic heterocycles. The molecule has 0 saturated heterocycles. The van der Waals surface area contributed by atoms with Gasteiger partial charge in [0.25, 0.3) is 0 Å². The molecule has 0 N–H and O–H groups in total. The van der Waals surface area contributed by atoms with Gasteiger partial charge >= 0.3 is 0 Å². The molecule has 18 heavy (non-hydrogen) atoms. The van der Waals surface area contributed by atoms with Crippen LogP contribution in [-0.4, -0.2) is 12.9 Å². The van der Waals surface area contributed by atoms with Gasteiger partial charge in [0.2, 0.25) is 0 Å². The summed E-state index contributed by atoms with van der Waals surface area (Å²) in [5.41, 5.74) is 0.487. The molecule has 0 unspecified atom stereocenters. The highest BCUT2D eigenvalue weighted by atomic mass is 35.5. The molecule has 1 fully saturated rings. The van der Waals surface area contributed by atoms with Crippen LogP contribution < -0.4 is 4.74 Å². The van der Waals surface area contributed by atoms with E-state index >= 15 is 0 Å². The molecule has 1 aromatic rings. The highest BCUT2D eigenvalue weighted by Gasteiger charge is 2.35. The summed E-state index contributed by atoms with van der Waals surface area (Å²) in [5, 5.41) is 0.503. The number of carbonyl (C=O) groups excluding carboxylic acids is 1. The predicted molar refractivity (Wildman–Crippen MR) is 73.5 cm³/mol. The van der Waals surface area contributed by atoms with Crippen LogP contribution in [0, 0.1) is 5.41 Å². The molecule has 0 aliphatic heterocycles. The molecule has 0 heterocycles. The van der Waals surface area contributed by atoms with Crippen LogP contribution in [0.3, 0.4) is 0 Å². The molecule has 3 heteroatoms. The Balaban J connectivity index is 2.25. The second kappa shape index (κ2) is 5.31. The molecule has 98 valence electrons. The number of methoxy groups -OCH3 is 1. The number of hydrogen-bond acceptors (Lipinski definition) is 2. The number of Topliss-reactive ketones (excluding diaryl/α,β-unsaturated/α-hetero) is 1. The lowest BCUT2D eigenvalue weighted by Gasteiger charge is -2.32. The van der Waals surface area contributed by atoms with Crippen LogP contribution >= 0.6 is 11.6 Å². The van der Waals surface area contributed by atoms with Gasteiger partial charge in [-0.25, -0.2) is 0 Å². The van der Waals surface area contributed by atoms with Gasteiger partial charge < -0.3 is 4.74 Å². The average Bonchev–Trinajstić information content (AvgIpc) is 2.38. The van der Waals surface area contributed by atoms with Gasteiger partial charge in [0.05, 0.1) is 12.1 Å². The van der Waals surface area contributed by atoms with E-state index in [-0.39, 0.29) is 11.2 Å². The summed E-state index contributed by atoms with van der Waals surface area (Å²) in [4.78, 5) is 12.6. The molecule has 1 aliphatic rings. The molecule has 1 aromatic carbocycles. The Labute approximate surface area is 113 Å². The van der Waals surface area contributed by atoms with Crippen LogP contribution in [0.5, 0.6) is 5.75 Å².